The molecule has 2 aromatic heterocycles. The number of hydrogen-bond acceptors (Lipinski definition) is 6. The highest BCUT2D eigenvalue weighted by atomic mass is 15.4. The Hall–Kier alpha value is -2.69. The number of nitrogens with zero attached hydrogens (tertiary/aromatic N) is 7. The summed E-state index contributed by atoms with van der Waals surface area (Å²) in [5.74, 6) is 1.17. The van der Waals surface area contributed by atoms with E-state index in [1.165, 1.54) is 25.7 Å². The Morgan fingerprint density at radius 2 is 1.50 bits per heavy atom. The van der Waals surface area contributed by atoms with Crippen molar-refractivity contribution in [3.05, 3.63) is 17.0 Å². The molecule has 0 fully saturated rings. The van der Waals surface area contributed by atoms with Gasteiger partial charge in [0.15, 0.2) is 11.5 Å². The van der Waals surface area contributed by atoms with Gasteiger partial charge >= 0.3 is 0 Å². The predicted octanol–water partition coefficient (Wildman–Crippen LogP) is 7.53. The standard InChI is InChI=1S/C26H44N8/c1-8-10-12-14-16-33-24(28)22(23(32-33)26(5,6)7)29-30-25-20(18-27)21(19(3)4)31-34(25)17-15-13-11-9-2/h19H,8-17,28H2,1-7H3. The van der Waals surface area contributed by atoms with Crippen LogP contribution in [-0.4, -0.2) is 19.6 Å². The van der Waals surface area contributed by atoms with Crippen molar-refractivity contribution >= 4 is 17.3 Å². The van der Waals surface area contributed by atoms with Crippen molar-refractivity contribution in [1.29, 1.82) is 5.26 Å². The highest BCUT2D eigenvalue weighted by molar-refractivity contribution is 5.63. The van der Waals surface area contributed by atoms with Crippen LogP contribution in [0.1, 0.15) is 123 Å². The number of nitriles is 1. The van der Waals surface area contributed by atoms with Crippen LogP contribution in [0, 0.1) is 11.3 Å². The van der Waals surface area contributed by atoms with Crippen LogP contribution in [-0.2, 0) is 18.5 Å². The first-order chi connectivity index (χ1) is 16.1. The number of unbranched alkanes of at least 4 members (excludes halogenated alkanes) is 6. The molecule has 2 aromatic rings. The molecule has 8 heteroatoms. The molecule has 0 unspecified atom stereocenters. The van der Waals surface area contributed by atoms with Gasteiger partial charge in [0.2, 0.25) is 0 Å². The lowest BCUT2D eigenvalue weighted by atomic mass is 9.91. The van der Waals surface area contributed by atoms with E-state index in [0.29, 0.717) is 29.4 Å². The molecule has 0 saturated heterocycles. The Morgan fingerprint density at radius 1 is 0.912 bits per heavy atom. The summed E-state index contributed by atoms with van der Waals surface area (Å²) in [6.45, 7) is 16.3. The van der Waals surface area contributed by atoms with Crippen LogP contribution in [0.15, 0.2) is 10.2 Å². The molecule has 0 amide bonds. The zero-order chi connectivity index (χ0) is 25.3. The van der Waals surface area contributed by atoms with Gasteiger partial charge in [-0.1, -0.05) is 87.0 Å². The first kappa shape index (κ1) is 27.6. The number of azo groups is 1. The number of nitrogen functional groups attached to an aromatic ring is 1. The number of aromatic nitrogens is 4. The second-order valence-corrected chi connectivity index (χ2v) is 10.5. The van der Waals surface area contributed by atoms with Gasteiger partial charge in [0.05, 0.1) is 11.4 Å². The van der Waals surface area contributed by atoms with Crippen molar-refractivity contribution in [3.63, 3.8) is 0 Å². The summed E-state index contributed by atoms with van der Waals surface area (Å²) >= 11 is 0. The monoisotopic (exact) mass is 468 g/mol. The molecule has 0 radical (unpaired) electrons. The van der Waals surface area contributed by atoms with Crippen molar-refractivity contribution in [1.82, 2.24) is 19.6 Å². The first-order valence-electron chi connectivity index (χ1n) is 12.9. The molecule has 0 aromatic carbocycles. The lowest BCUT2D eigenvalue weighted by Crippen LogP contribution is -2.13. The topological polar surface area (TPSA) is 110 Å². The third-order valence-corrected chi connectivity index (χ3v) is 5.98. The van der Waals surface area contributed by atoms with Gasteiger partial charge < -0.3 is 5.73 Å². The van der Waals surface area contributed by atoms with E-state index in [2.05, 4.69) is 50.9 Å². The van der Waals surface area contributed by atoms with Gasteiger partial charge in [-0.2, -0.15) is 15.5 Å². The predicted molar refractivity (Wildman–Crippen MR) is 139 cm³/mol. The van der Waals surface area contributed by atoms with Crippen LogP contribution in [0.4, 0.5) is 17.3 Å². The molecule has 0 spiro atoms. The Morgan fingerprint density at radius 3 is 2.00 bits per heavy atom. The average Bonchev–Trinajstić information content (AvgIpc) is 3.30. The summed E-state index contributed by atoms with van der Waals surface area (Å²) in [5.41, 5.74) is 8.96. The van der Waals surface area contributed by atoms with Crippen LogP contribution in [0.5, 0.6) is 0 Å². The molecular weight excluding hydrogens is 424 g/mol. The maximum absolute atomic E-state index is 9.91. The molecule has 0 aliphatic rings. The summed E-state index contributed by atoms with van der Waals surface area (Å²) in [4.78, 5) is 0. The average molecular weight is 469 g/mol. The number of nitrogens with two attached hydrogens (primary N) is 1. The number of hydrogen-bond donors (Lipinski definition) is 1. The number of aryl methyl sites for hydroxylation is 2. The summed E-state index contributed by atoms with van der Waals surface area (Å²) in [5, 5.41) is 28.6. The van der Waals surface area contributed by atoms with Gasteiger partial charge in [0.1, 0.15) is 17.5 Å². The van der Waals surface area contributed by atoms with E-state index in [0.717, 1.165) is 43.6 Å². The molecule has 2 heterocycles. The minimum atomic E-state index is -0.237. The van der Waals surface area contributed by atoms with E-state index in [9.17, 15) is 5.26 Å². The van der Waals surface area contributed by atoms with Crippen LogP contribution in [0.2, 0.25) is 0 Å². The first-order valence-corrected chi connectivity index (χ1v) is 12.9. The smallest absolute Gasteiger partial charge is 0.191 e. The quantitative estimate of drug-likeness (QED) is 0.242. The molecule has 0 saturated carbocycles. The molecule has 0 atom stereocenters. The summed E-state index contributed by atoms with van der Waals surface area (Å²) < 4.78 is 3.70. The summed E-state index contributed by atoms with van der Waals surface area (Å²) in [7, 11) is 0. The van der Waals surface area contributed by atoms with Crippen LogP contribution >= 0.6 is 0 Å². The molecule has 188 valence electrons. The van der Waals surface area contributed by atoms with Crippen LogP contribution in [0.25, 0.3) is 0 Å². The molecular formula is C26H44N8. The Bertz CT molecular complexity index is 982. The summed E-state index contributed by atoms with van der Waals surface area (Å²) in [6, 6.07) is 2.32. The minimum absolute atomic E-state index is 0.126. The van der Waals surface area contributed by atoms with E-state index in [1.54, 1.807) is 0 Å². The van der Waals surface area contributed by atoms with Gasteiger partial charge in [0, 0.05) is 18.5 Å². The SMILES string of the molecule is CCCCCCn1nc(C(C)(C)C)c(N=Nc2c(C#N)c(C(C)C)nn2CCCCCC)c1N. The highest BCUT2D eigenvalue weighted by Crippen LogP contribution is 2.37. The van der Waals surface area contributed by atoms with Crippen molar-refractivity contribution in [2.24, 2.45) is 10.2 Å². The molecule has 0 bridgehead atoms. The summed E-state index contributed by atoms with van der Waals surface area (Å²) in [6.07, 6.45) is 9.04. The zero-order valence-corrected chi connectivity index (χ0v) is 22.4. The van der Waals surface area contributed by atoms with E-state index < -0.39 is 0 Å². The fourth-order valence-corrected chi connectivity index (χ4v) is 3.95. The van der Waals surface area contributed by atoms with Gasteiger partial charge in [-0.05, 0) is 18.8 Å². The van der Waals surface area contributed by atoms with Gasteiger partial charge in [-0.15, -0.1) is 10.2 Å². The third kappa shape index (κ3) is 6.91. The van der Waals surface area contributed by atoms with E-state index >= 15 is 0 Å². The third-order valence-electron chi connectivity index (χ3n) is 5.98. The highest BCUT2D eigenvalue weighted by Gasteiger charge is 2.27. The van der Waals surface area contributed by atoms with Gasteiger partial charge in [0.25, 0.3) is 0 Å². The largest absolute Gasteiger partial charge is 0.382 e. The lowest BCUT2D eigenvalue weighted by molar-refractivity contribution is 0.511. The number of anilines is 1. The maximum atomic E-state index is 9.91. The van der Waals surface area contributed by atoms with Crippen molar-refractivity contribution < 1.29 is 0 Å². The molecule has 2 N–H and O–H groups in total. The molecule has 0 aliphatic carbocycles. The fourth-order valence-electron chi connectivity index (χ4n) is 3.95. The van der Waals surface area contributed by atoms with Gasteiger partial charge in [-0.25, -0.2) is 9.36 Å². The Labute approximate surface area is 205 Å². The Balaban J connectivity index is 2.46. The number of rotatable bonds is 13. The zero-order valence-electron chi connectivity index (χ0n) is 22.4. The molecule has 0 aliphatic heterocycles. The molecule has 8 nitrogen and oxygen atoms in total. The van der Waals surface area contributed by atoms with E-state index in [4.69, 9.17) is 15.9 Å². The van der Waals surface area contributed by atoms with Crippen molar-refractivity contribution in [3.8, 4) is 6.07 Å². The molecule has 34 heavy (non-hydrogen) atoms. The van der Waals surface area contributed by atoms with E-state index in [-0.39, 0.29) is 11.3 Å². The van der Waals surface area contributed by atoms with Crippen LogP contribution < -0.4 is 5.73 Å². The molecule has 2 rings (SSSR count). The second kappa shape index (κ2) is 12.7. The lowest BCUT2D eigenvalue weighted by Gasteiger charge is -2.15. The van der Waals surface area contributed by atoms with Crippen molar-refractivity contribution in [2.75, 3.05) is 5.73 Å². The fraction of sp³-hybridized carbons (Fsp3) is 0.731. The maximum Gasteiger partial charge on any atom is 0.191 e. The van der Waals surface area contributed by atoms with E-state index in [1.807, 2.05) is 23.2 Å². The minimum Gasteiger partial charge on any atom is -0.382 e. The second-order valence-electron chi connectivity index (χ2n) is 10.5. The van der Waals surface area contributed by atoms with Gasteiger partial charge in [-0.3, -0.25) is 0 Å². The normalized spacial score (nSPS) is 12.2. The Kier molecular flexibility index (Phi) is 10.3. The van der Waals surface area contributed by atoms with Crippen molar-refractivity contribution in [2.45, 2.75) is 124 Å². The van der Waals surface area contributed by atoms with Crippen LogP contribution in [0.3, 0.4) is 0 Å².